The van der Waals surface area contributed by atoms with E-state index in [1.807, 2.05) is 0 Å². The van der Waals surface area contributed by atoms with E-state index in [2.05, 4.69) is 0 Å². The van der Waals surface area contributed by atoms with Crippen LogP contribution in [0.5, 0.6) is 0 Å². The molecule has 9 heteroatoms. The van der Waals surface area contributed by atoms with E-state index in [-0.39, 0.29) is 26.4 Å². The van der Waals surface area contributed by atoms with Crippen LogP contribution in [-0.4, -0.2) is 55.6 Å². The lowest BCUT2D eigenvalue weighted by Gasteiger charge is -2.33. The van der Waals surface area contributed by atoms with Gasteiger partial charge in [-0.15, -0.1) is 0 Å². The first-order chi connectivity index (χ1) is 13.4. The van der Waals surface area contributed by atoms with Gasteiger partial charge in [-0.3, -0.25) is 19.2 Å². The predicted octanol–water partition coefficient (Wildman–Crippen LogP) is 1.88. The van der Waals surface area contributed by atoms with E-state index in [9.17, 15) is 19.2 Å². The minimum atomic E-state index is -1.46. The van der Waals surface area contributed by atoms with Crippen molar-refractivity contribution in [3.05, 3.63) is 23.0 Å². The Labute approximate surface area is 167 Å². The zero-order valence-corrected chi connectivity index (χ0v) is 17.5. The number of rotatable bonds is 11. The molecule has 0 aliphatic carbocycles. The fourth-order valence-corrected chi connectivity index (χ4v) is 5.03. The second-order valence-corrected chi connectivity index (χ2v) is 7.67. The fraction of sp³-hybridized carbons (Fsp3) is 0.579. The third kappa shape index (κ3) is 6.12. The Balaban J connectivity index is 3.48. The van der Waals surface area contributed by atoms with Gasteiger partial charge in [-0.25, -0.2) is 10.9 Å². The fourth-order valence-electron chi connectivity index (χ4n) is 2.76. The van der Waals surface area contributed by atoms with E-state index in [1.54, 1.807) is 50.7 Å². The van der Waals surface area contributed by atoms with Gasteiger partial charge in [0.25, 0.3) is 0 Å². The number of hydrogen-bond acceptors (Lipinski definition) is 8. The smallest absolute Gasteiger partial charge is 0.321 e. The Kier molecular flexibility index (Phi) is 10.4. The summed E-state index contributed by atoms with van der Waals surface area (Å²) in [6, 6.07) is 0. The maximum absolute atomic E-state index is 12.7. The topological polar surface area (TPSA) is 105 Å². The van der Waals surface area contributed by atoms with E-state index < -0.39 is 51.9 Å². The second-order valence-electron chi connectivity index (χ2n) is 5.58. The van der Waals surface area contributed by atoms with Crippen LogP contribution >= 0.6 is 10.9 Å². The molecule has 0 unspecified atom stereocenters. The Morgan fingerprint density at radius 1 is 0.643 bits per heavy atom. The molecular weight excluding hydrogens is 388 g/mol. The largest absolute Gasteiger partial charge is 0.465 e. The van der Waals surface area contributed by atoms with Gasteiger partial charge in [-0.05, 0) is 38.5 Å². The summed E-state index contributed by atoms with van der Waals surface area (Å²) in [5.41, 5.74) is 0. The van der Waals surface area contributed by atoms with Gasteiger partial charge in [0.1, 0.15) is 0 Å². The van der Waals surface area contributed by atoms with Crippen LogP contribution in [0.3, 0.4) is 0 Å². The van der Waals surface area contributed by atoms with Crippen molar-refractivity contribution in [1.82, 2.24) is 0 Å². The molecule has 0 amide bonds. The number of ether oxygens (including phenoxy) is 4. The van der Waals surface area contributed by atoms with Crippen LogP contribution in [0.1, 0.15) is 27.7 Å². The van der Waals surface area contributed by atoms with E-state index in [4.69, 9.17) is 18.9 Å². The van der Waals surface area contributed by atoms with Gasteiger partial charge in [0, 0.05) is 5.25 Å². The molecule has 0 atom stereocenters. The van der Waals surface area contributed by atoms with Crippen LogP contribution in [0.4, 0.5) is 0 Å². The quantitative estimate of drug-likeness (QED) is 0.236. The van der Waals surface area contributed by atoms with Crippen LogP contribution in [0, 0.1) is 11.8 Å². The molecule has 28 heavy (non-hydrogen) atoms. The Morgan fingerprint density at radius 3 is 1.18 bits per heavy atom. The lowest BCUT2D eigenvalue weighted by Crippen LogP contribution is -2.47. The Bertz CT molecular complexity index is 539. The summed E-state index contributed by atoms with van der Waals surface area (Å²) in [5.74, 6) is -6.31. The highest BCUT2D eigenvalue weighted by molar-refractivity contribution is 8.22. The van der Waals surface area contributed by atoms with Crippen molar-refractivity contribution in [3.63, 3.8) is 0 Å². The number of thiol groups is 1. The molecule has 0 fully saturated rings. The van der Waals surface area contributed by atoms with Crippen LogP contribution in [0.2, 0.25) is 0 Å². The van der Waals surface area contributed by atoms with E-state index in [0.29, 0.717) is 0 Å². The van der Waals surface area contributed by atoms with Crippen molar-refractivity contribution < 1.29 is 38.1 Å². The van der Waals surface area contributed by atoms with Gasteiger partial charge in [-0.1, -0.05) is 12.2 Å². The van der Waals surface area contributed by atoms with Crippen molar-refractivity contribution >= 4 is 34.8 Å². The first-order valence-corrected chi connectivity index (χ1v) is 10.8. The Hall–Kier alpha value is -2.29. The molecule has 8 nitrogen and oxygen atoms in total. The molecule has 0 aromatic rings. The van der Waals surface area contributed by atoms with Gasteiger partial charge >= 0.3 is 23.9 Å². The summed E-state index contributed by atoms with van der Waals surface area (Å²) in [6.45, 7) is 6.55. The van der Waals surface area contributed by atoms with Gasteiger partial charge in [-0.2, -0.15) is 0 Å². The summed E-state index contributed by atoms with van der Waals surface area (Å²) in [5, 5.41) is 2.48. The highest BCUT2D eigenvalue weighted by Gasteiger charge is 2.50. The van der Waals surface area contributed by atoms with Crippen LogP contribution in [-0.2, 0) is 38.1 Å². The third-order valence-electron chi connectivity index (χ3n) is 3.82. The second kappa shape index (κ2) is 12.2. The van der Waals surface area contributed by atoms with Crippen molar-refractivity contribution in [1.29, 1.82) is 0 Å². The van der Waals surface area contributed by atoms with E-state index >= 15 is 0 Å². The van der Waals surface area contributed by atoms with Crippen LogP contribution < -0.4 is 0 Å². The summed E-state index contributed by atoms with van der Waals surface area (Å²) in [4.78, 5) is 50.6. The molecule has 0 spiro atoms. The lowest BCUT2D eigenvalue weighted by molar-refractivity contribution is -0.166. The maximum Gasteiger partial charge on any atom is 0.321 e. The molecule has 1 aliphatic rings. The first-order valence-electron chi connectivity index (χ1n) is 9.21. The average molecular weight is 416 g/mol. The molecule has 0 aromatic carbocycles. The van der Waals surface area contributed by atoms with Crippen LogP contribution in [0.15, 0.2) is 23.0 Å². The monoisotopic (exact) mass is 416 g/mol. The van der Waals surface area contributed by atoms with Crippen LogP contribution in [0.25, 0.3) is 0 Å². The maximum atomic E-state index is 12.7. The van der Waals surface area contributed by atoms with Gasteiger partial charge in [0.05, 0.1) is 26.4 Å². The SMILES string of the molecule is CCOC(=O)C(C(=O)OCC)C(C(C(=O)OCC)C(=O)OCC)[SH]1C=CC=C1. The van der Waals surface area contributed by atoms with Crippen molar-refractivity contribution in [2.75, 3.05) is 26.4 Å². The number of esters is 4. The third-order valence-corrected chi connectivity index (χ3v) is 6.13. The molecule has 158 valence electrons. The molecule has 1 aliphatic heterocycles. The van der Waals surface area contributed by atoms with E-state index in [0.717, 1.165) is 0 Å². The zero-order valence-electron chi connectivity index (χ0n) is 16.6. The Morgan fingerprint density at radius 2 is 0.929 bits per heavy atom. The van der Waals surface area contributed by atoms with Crippen molar-refractivity contribution in [3.8, 4) is 0 Å². The molecule has 0 saturated heterocycles. The van der Waals surface area contributed by atoms with Gasteiger partial charge in [0.2, 0.25) is 0 Å². The molecule has 1 heterocycles. The molecule has 1 rings (SSSR count). The molecule has 0 radical (unpaired) electrons. The minimum Gasteiger partial charge on any atom is -0.465 e. The highest BCUT2D eigenvalue weighted by Crippen LogP contribution is 2.46. The number of allylic oxidation sites excluding steroid dienone is 2. The van der Waals surface area contributed by atoms with Gasteiger partial charge in [0.15, 0.2) is 11.8 Å². The first kappa shape index (κ1) is 23.7. The number of carbonyl (C=O) groups excluding carboxylic acids is 4. The van der Waals surface area contributed by atoms with E-state index in [1.165, 1.54) is 0 Å². The molecule has 0 saturated carbocycles. The lowest BCUT2D eigenvalue weighted by atomic mass is 9.93. The minimum absolute atomic E-state index is 0.0363. The molecule has 0 bridgehead atoms. The normalized spacial score (nSPS) is 13.9. The number of hydrogen-bond donors (Lipinski definition) is 1. The standard InChI is InChI=1S/C19H28O8S/c1-5-24-16(20)13(17(21)25-6-2)15(28-11-9-10-12-28)14(18(22)26-7-3)19(23)27-8-4/h9-15,28H,5-8H2,1-4H3. The average Bonchev–Trinajstić information content (AvgIpc) is 3.16. The van der Waals surface area contributed by atoms with Crippen molar-refractivity contribution in [2.45, 2.75) is 32.9 Å². The molecule has 0 aromatic heterocycles. The summed E-state index contributed by atoms with van der Waals surface area (Å²) < 4.78 is 20.2. The summed E-state index contributed by atoms with van der Waals surface area (Å²) in [7, 11) is -1.32. The summed E-state index contributed by atoms with van der Waals surface area (Å²) >= 11 is 0. The molecule has 0 N–H and O–H groups in total. The van der Waals surface area contributed by atoms with Crippen molar-refractivity contribution in [2.24, 2.45) is 11.8 Å². The van der Waals surface area contributed by atoms with Gasteiger partial charge < -0.3 is 18.9 Å². The predicted molar refractivity (Wildman–Crippen MR) is 105 cm³/mol. The summed E-state index contributed by atoms with van der Waals surface area (Å²) in [6.07, 6.45) is 3.47. The highest BCUT2D eigenvalue weighted by atomic mass is 32.2. The number of carbonyl (C=O) groups is 4. The molecular formula is C19H28O8S. The zero-order chi connectivity index (χ0) is 21.1.